The minimum absolute atomic E-state index is 0.833. The highest BCUT2D eigenvalue weighted by atomic mass is 79.9. The number of nitrogens with zero attached hydrogens (tertiary/aromatic N) is 2. The van der Waals surface area contributed by atoms with Crippen LogP contribution in [0, 0.1) is 0 Å². The van der Waals surface area contributed by atoms with Crippen molar-refractivity contribution in [1.82, 2.24) is 9.59 Å². The maximum absolute atomic E-state index is 3.76. The van der Waals surface area contributed by atoms with E-state index in [1.807, 2.05) is 6.07 Å². The van der Waals surface area contributed by atoms with Crippen molar-refractivity contribution in [3.05, 3.63) is 27.0 Å². The Balaban J connectivity index is 1.93. The summed E-state index contributed by atoms with van der Waals surface area (Å²) in [5.74, 6) is 0. The molecule has 0 aliphatic heterocycles. The second-order valence-corrected chi connectivity index (χ2v) is 5.67. The molecule has 0 saturated carbocycles. The fraction of sp³-hybridized carbons (Fsp3) is 0.143. The highest BCUT2D eigenvalue weighted by Gasteiger charge is 1.98. The van der Waals surface area contributed by atoms with Gasteiger partial charge in [0.1, 0.15) is 5.00 Å². The zero-order valence-electron chi connectivity index (χ0n) is 6.53. The SMILES string of the molecule is Brc1ccc(CNc2cnns2)s1. The van der Waals surface area contributed by atoms with Crippen LogP contribution in [0.15, 0.2) is 22.1 Å². The average molecular weight is 276 g/mol. The third-order valence-corrected chi connectivity index (χ3v) is 3.67. The molecule has 0 aromatic carbocycles. The van der Waals surface area contributed by atoms with Crippen LogP contribution in [0.3, 0.4) is 0 Å². The van der Waals surface area contributed by atoms with E-state index in [1.54, 1.807) is 17.5 Å². The van der Waals surface area contributed by atoms with Crippen molar-refractivity contribution in [3.63, 3.8) is 0 Å². The van der Waals surface area contributed by atoms with Crippen molar-refractivity contribution < 1.29 is 0 Å². The zero-order chi connectivity index (χ0) is 9.10. The van der Waals surface area contributed by atoms with Gasteiger partial charge in [-0.05, 0) is 28.1 Å². The topological polar surface area (TPSA) is 37.8 Å². The molecule has 0 spiro atoms. The van der Waals surface area contributed by atoms with Crippen LogP contribution >= 0.6 is 38.8 Å². The van der Waals surface area contributed by atoms with Crippen molar-refractivity contribution in [2.45, 2.75) is 6.54 Å². The second-order valence-electron chi connectivity index (χ2n) is 2.34. The number of nitrogens with one attached hydrogen (secondary N) is 1. The van der Waals surface area contributed by atoms with Crippen LogP contribution in [0.5, 0.6) is 0 Å². The van der Waals surface area contributed by atoms with E-state index in [2.05, 4.69) is 36.9 Å². The van der Waals surface area contributed by atoms with E-state index in [1.165, 1.54) is 16.4 Å². The number of anilines is 1. The molecule has 1 N–H and O–H groups in total. The predicted octanol–water partition coefficient (Wildman–Crippen LogP) is 2.97. The molecule has 0 atom stereocenters. The number of halogens is 1. The van der Waals surface area contributed by atoms with Gasteiger partial charge in [0.25, 0.3) is 0 Å². The number of thiophene rings is 1. The molecule has 0 aliphatic carbocycles. The number of hydrogen-bond donors (Lipinski definition) is 1. The number of hydrogen-bond acceptors (Lipinski definition) is 5. The van der Waals surface area contributed by atoms with Crippen LogP contribution in [-0.4, -0.2) is 9.59 Å². The summed E-state index contributed by atoms with van der Waals surface area (Å²) in [7, 11) is 0. The lowest BCUT2D eigenvalue weighted by molar-refractivity contribution is 1.15. The molecule has 0 fully saturated rings. The smallest absolute Gasteiger partial charge is 0.130 e. The first-order valence-electron chi connectivity index (χ1n) is 3.60. The monoisotopic (exact) mass is 275 g/mol. The molecule has 0 aliphatic rings. The highest BCUT2D eigenvalue weighted by Crippen LogP contribution is 2.23. The summed E-state index contributed by atoms with van der Waals surface area (Å²) in [6.07, 6.45) is 1.73. The average Bonchev–Trinajstić information content (AvgIpc) is 2.71. The van der Waals surface area contributed by atoms with E-state index in [0.29, 0.717) is 0 Å². The quantitative estimate of drug-likeness (QED) is 0.936. The van der Waals surface area contributed by atoms with Gasteiger partial charge < -0.3 is 5.32 Å². The van der Waals surface area contributed by atoms with Crippen molar-refractivity contribution in [3.8, 4) is 0 Å². The third-order valence-electron chi connectivity index (χ3n) is 1.43. The maximum atomic E-state index is 3.76. The zero-order valence-corrected chi connectivity index (χ0v) is 9.75. The van der Waals surface area contributed by atoms with Crippen molar-refractivity contribution in [2.75, 3.05) is 5.32 Å². The minimum atomic E-state index is 0.833. The standard InChI is InChI=1S/C7H6BrN3S2/c8-6-2-1-5(12-6)3-9-7-4-10-11-13-7/h1-2,4,9H,3H2. The summed E-state index contributed by atoms with van der Waals surface area (Å²) in [4.78, 5) is 1.29. The van der Waals surface area contributed by atoms with Crippen molar-refractivity contribution >= 4 is 43.8 Å². The summed E-state index contributed by atoms with van der Waals surface area (Å²) < 4.78 is 4.92. The largest absolute Gasteiger partial charge is 0.369 e. The van der Waals surface area contributed by atoms with Crippen LogP contribution in [0.1, 0.15) is 4.88 Å². The van der Waals surface area contributed by atoms with E-state index in [9.17, 15) is 0 Å². The van der Waals surface area contributed by atoms with Gasteiger partial charge in [-0.1, -0.05) is 4.49 Å². The Hall–Kier alpha value is -0.460. The van der Waals surface area contributed by atoms with Gasteiger partial charge in [-0.2, -0.15) is 0 Å². The molecular weight excluding hydrogens is 270 g/mol. The lowest BCUT2D eigenvalue weighted by atomic mass is 10.5. The summed E-state index contributed by atoms with van der Waals surface area (Å²) in [5.41, 5.74) is 0. The molecule has 2 aromatic heterocycles. The Morgan fingerprint density at radius 1 is 1.46 bits per heavy atom. The molecule has 0 amide bonds. The Bertz CT molecular complexity index is 371. The molecule has 13 heavy (non-hydrogen) atoms. The van der Waals surface area contributed by atoms with E-state index in [0.717, 1.165) is 15.3 Å². The van der Waals surface area contributed by atoms with Gasteiger partial charge in [-0.3, -0.25) is 0 Å². The van der Waals surface area contributed by atoms with Gasteiger partial charge in [-0.15, -0.1) is 16.4 Å². The lowest BCUT2D eigenvalue weighted by Gasteiger charge is -1.97. The Morgan fingerprint density at radius 2 is 2.38 bits per heavy atom. The van der Waals surface area contributed by atoms with Gasteiger partial charge >= 0.3 is 0 Å². The molecule has 3 nitrogen and oxygen atoms in total. The van der Waals surface area contributed by atoms with Crippen LogP contribution in [0.4, 0.5) is 5.00 Å². The first-order chi connectivity index (χ1) is 6.34. The predicted molar refractivity (Wildman–Crippen MR) is 59.3 cm³/mol. The van der Waals surface area contributed by atoms with Gasteiger partial charge in [-0.25, -0.2) is 0 Å². The molecule has 2 heterocycles. The molecule has 0 saturated heterocycles. The van der Waals surface area contributed by atoms with E-state index >= 15 is 0 Å². The Kier molecular flexibility index (Phi) is 2.92. The van der Waals surface area contributed by atoms with Crippen molar-refractivity contribution in [1.29, 1.82) is 0 Å². The summed E-state index contributed by atoms with van der Waals surface area (Å²) >= 11 is 6.52. The fourth-order valence-corrected chi connectivity index (χ4v) is 2.70. The molecular formula is C7H6BrN3S2. The normalized spacial score (nSPS) is 10.2. The number of aromatic nitrogens is 2. The van der Waals surface area contributed by atoms with Crippen molar-refractivity contribution in [2.24, 2.45) is 0 Å². The van der Waals surface area contributed by atoms with Crippen LogP contribution < -0.4 is 5.32 Å². The van der Waals surface area contributed by atoms with Gasteiger partial charge in [0.15, 0.2) is 0 Å². The summed E-state index contributed by atoms with van der Waals surface area (Å²) in [6, 6.07) is 4.14. The van der Waals surface area contributed by atoms with Gasteiger partial charge in [0.2, 0.25) is 0 Å². The molecule has 0 bridgehead atoms. The van der Waals surface area contributed by atoms with Gasteiger partial charge in [0, 0.05) is 16.4 Å². The first kappa shape index (κ1) is 9.11. The van der Waals surface area contributed by atoms with Gasteiger partial charge in [0.05, 0.1) is 16.5 Å². The van der Waals surface area contributed by atoms with Crippen LogP contribution in [0.2, 0.25) is 0 Å². The lowest BCUT2D eigenvalue weighted by Crippen LogP contribution is -1.94. The molecule has 68 valence electrons. The molecule has 0 unspecified atom stereocenters. The first-order valence-corrected chi connectivity index (χ1v) is 5.98. The molecule has 2 aromatic rings. The molecule has 0 radical (unpaired) electrons. The van der Waals surface area contributed by atoms with E-state index in [-0.39, 0.29) is 0 Å². The minimum Gasteiger partial charge on any atom is -0.369 e. The van der Waals surface area contributed by atoms with E-state index < -0.39 is 0 Å². The van der Waals surface area contributed by atoms with E-state index in [4.69, 9.17) is 0 Å². The van der Waals surface area contributed by atoms with Crippen LogP contribution in [-0.2, 0) is 6.54 Å². The summed E-state index contributed by atoms with van der Waals surface area (Å²) in [6.45, 7) is 0.833. The maximum Gasteiger partial charge on any atom is 0.130 e. The Labute approximate surface area is 92.1 Å². The third kappa shape index (κ3) is 2.49. The highest BCUT2D eigenvalue weighted by molar-refractivity contribution is 9.11. The molecule has 2 rings (SSSR count). The fourth-order valence-electron chi connectivity index (χ4n) is 0.866. The molecule has 6 heteroatoms. The summed E-state index contributed by atoms with van der Waals surface area (Å²) in [5, 5.41) is 7.98. The Morgan fingerprint density at radius 3 is 3.00 bits per heavy atom. The number of rotatable bonds is 3. The van der Waals surface area contributed by atoms with Crippen LogP contribution in [0.25, 0.3) is 0 Å². The second kappa shape index (κ2) is 4.17.